The quantitative estimate of drug-likeness (QED) is 0.752. The summed E-state index contributed by atoms with van der Waals surface area (Å²) in [7, 11) is 0. The molecular formula is C19H23N3O4. The first-order valence-electron chi connectivity index (χ1n) is 8.86. The number of carboxylic acids is 1. The average Bonchev–Trinajstić information content (AvgIpc) is 3.34. The highest BCUT2D eigenvalue weighted by Gasteiger charge is 2.28. The van der Waals surface area contributed by atoms with Crippen molar-refractivity contribution in [2.75, 3.05) is 0 Å². The second-order valence-electron chi connectivity index (χ2n) is 6.86. The predicted molar refractivity (Wildman–Crippen MR) is 93.6 cm³/mol. The number of carbonyl (C=O) groups is 2. The maximum absolute atomic E-state index is 12.2. The number of nitrogens with zero attached hydrogens (tertiary/aromatic N) is 2. The molecule has 1 amide bonds. The molecule has 26 heavy (non-hydrogen) atoms. The zero-order valence-corrected chi connectivity index (χ0v) is 15.0. The monoisotopic (exact) mass is 357 g/mol. The molecule has 1 aromatic carbocycles. The molecular weight excluding hydrogens is 334 g/mol. The van der Waals surface area contributed by atoms with Crippen molar-refractivity contribution < 1.29 is 19.2 Å². The molecule has 1 unspecified atom stereocenters. The van der Waals surface area contributed by atoms with Gasteiger partial charge in [0.25, 0.3) is 0 Å². The Labute approximate surface area is 151 Å². The molecule has 0 bridgehead atoms. The van der Waals surface area contributed by atoms with E-state index in [4.69, 9.17) is 4.52 Å². The Morgan fingerprint density at radius 3 is 2.73 bits per heavy atom. The van der Waals surface area contributed by atoms with E-state index in [2.05, 4.69) is 15.5 Å². The van der Waals surface area contributed by atoms with Gasteiger partial charge in [-0.2, -0.15) is 4.98 Å². The number of hydrogen-bond donors (Lipinski definition) is 2. The van der Waals surface area contributed by atoms with Gasteiger partial charge in [0.15, 0.2) is 11.9 Å². The van der Waals surface area contributed by atoms with Gasteiger partial charge in [-0.3, -0.25) is 4.79 Å². The van der Waals surface area contributed by atoms with Crippen LogP contribution in [0.1, 0.15) is 66.0 Å². The van der Waals surface area contributed by atoms with Crippen molar-refractivity contribution in [1.82, 2.24) is 15.5 Å². The second-order valence-corrected chi connectivity index (χ2v) is 6.86. The number of nitrogens with one attached hydrogen (secondary N) is 1. The van der Waals surface area contributed by atoms with E-state index in [0.29, 0.717) is 30.2 Å². The average molecular weight is 357 g/mol. The fraction of sp³-hybridized carbons (Fsp3) is 0.474. The van der Waals surface area contributed by atoms with Crippen LogP contribution in [0.5, 0.6) is 0 Å². The van der Waals surface area contributed by atoms with Gasteiger partial charge in [0.2, 0.25) is 11.8 Å². The Balaban J connectivity index is 1.52. The van der Waals surface area contributed by atoms with Gasteiger partial charge in [0.05, 0.1) is 0 Å². The van der Waals surface area contributed by atoms with Gasteiger partial charge in [0.1, 0.15) is 0 Å². The molecule has 0 spiro atoms. The predicted octanol–water partition coefficient (Wildman–Crippen LogP) is 2.83. The van der Waals surface area contributed by atoms with Crippen molar-refractivity contribution in [3.05, 3.63) is 46.6 Å². The van der Waals surface area contributed by atoms with Gasteiger partial charge in [-0.15, -0.1) is 0 Å². The standard InChI is InChI=1S/C19H23N3O4/c1-11-6-7-14(10-12(11)2)17(19(24)25)20-15(23)4-3-5-16-21-18(22-26-16)13-8-9-13/h6-7,10,13,17H,3-5,8-9H2,1-2H3,(H,20,23)(H,24,25). The SMILES string of the molecule is Cc1ccc(C(NC(=O)CCCc2nc(C3CC3)no2)C(=O)O)cc1C. The third-order valence-corrected chi connectivity index (χ3v) is 4.64. The second kappa shape index (κ2) is 7.68. The van der Waals surface area contributed by atoms with E-state index in [9.17, 15) is 14.7 Å². The van der Waals surface area contributed by atoms with Crippen molar-refractivity contribution >= 4 is 11.9 Å². The van der Waals surface area contributed by atoms with Crippen LogP contribution < -0.4 is 5.32 Å². The molecule has 138 valence electrons. The van der Waals surface area contributed by atoms with Gasteiger partial charge in [-0.1, -0.05) is 23.4 Å². The zero-order chi connectivity index (χ0) is 18.7. The summed E-state index contributed by atoms with van der Waals surface area (Å²) in [6.07, 6.45) is 3.45. The third kappa shape index (κ3) is 4.47. The zero-order valence-electron chi connectivity index (χ0n) is 15.0. The van der Waals surface area contributed by atoms with E-state index >= 15 is 0 Å². The fourth-order valence-electron chi connectivity index (χ4n) is 2.74. The van der Waals surface area contributed by atoms with E-state index < -0.39 is 12.0 Å². The minimum atomic E-state index is -1.08. The van der Waals surface area contributed by atoms with Gasteiger partial charge < -0.3 is 14.9 Å². The molecule has 1 aliphatic carbocycles. The first-order valence-corrected chi connectivity index (χ1v) is 8.86. The summed E-state index contributed by atoms with van der Waals surface area (Å²) >= 11 is 0. The maximum Gasteiger partial charge on any atom is 0.330 e. The number of aryl methyl sites for hydroxylation is 3. The Morgan fingerprint density at radius 2 is 2.08 bits per heavy atom. The van der Waals surface area contributed by atoms with Gasteiger partial charge >= 0.3 is 5.97 Å². The van der Waals surface area contributed by atoms with E-state index in [1.54, 1.807) is 12.1 Å². The topological polar surface area (TPSA) is 105 Å². The lowest BCUT2D eigenvalue weighted by Crippen LogP contribution is -2.33. The summed E-state index contributed by atoms with van der Waals surface area (Å²) in [6.45, 7) is 3.87. The van der Waals surface area contributed by atoms with Crippen molar-refractivity contribution in [2.45, 2.75) is 57.9 Å². The molecule has 1 atom stereocenters. The number of benzene rings is 1. The summed E-state index contributed by atoms with van der Waals surface area (Å²) in [5.74, 6) is 0.337. The molecule has 1 saturated carbocycles. The Hall–Kier alpha value is -2.70. The largest absolute Gasteiger partial charge is 0.479 e. The Kier molecular flexibility index (Phi) is 5.35. The lowest BCUT2D eigenvalue weighted by Gasteiger charge is -2.16. The first kappa shape index (κ1) is 18.1. The van der Waals surface area contributed by atoms with Crippen LogP contribution in [0, 0.1) is 13.8 Å². The molecule has 2 N–H and O–H groups in total. The van der Waals surface area contributed by atoms with E-state index in [1.165, 1.54) is 0 Å². The number of carboxylic acid groups (broad SMARTS) is 1. The molecule has 7 nitrogen and oxygen atoms in total. The number of aromatic nitrogens is 2. The summed E-state index contributed by atoms with van der Waals surface area (Å²) in [4.78, 5) is 28.0. The van der Waals surface area contributed by atoms with Crippen LogP contribution in [0.3, 0.4) is 0 Å². The molecule has 7 heteroatoms. The highest BCUT2D eigenvalue weighted by Crippen LogP contribution is 2.38. The lowest BCUT2D eigenvalue weighted by molar-refractivity contribution is -0.142. The van der Waals surface area contributed by atoms with Crippen molar-refractivity contribution in [3.63, 3.8) is 0 Å². The minimum Gasteiger partial charge on any atom is -0.479 e. The van der Waals surface area contributed by atoms with E-state index in [-0.39, 0.29) is 12.3 Å². The summed E-state index contributed by atoms with van der Waals surface area (Å²) in [6, 6.07) is 4.34. The number of hydrogen-bond acceptors (Lipinski definition) is 5. The highest BCUT2D eigenvalue weighted by molar-refractivity contribution is 5.84. The molecule has 1 aliphatic rings. The van der Waals surface area contributed by atoms with Crippen LogP contribution in [0.25, 0.3) is 0 Å². The van der Waals surface area contributed by atoms with Crippen LogP contribution in [0.2, 0.25) is 0 Å². The Morgan fingerprint density at radius 1 is 1.31 bits per heavy atom. The van der Waals surface area contributed by atoms with Gasteiger partial charge in [-0.05, 0) is 49.8 Å². The summed E-state index contributed by atoms with van der Waals surface area (Å²) < 4.78 is 5.17. The number of amides is 1. The third-order valence-electron chi connectivity index (χ3n) is 4.64. The molecule has 1 fully saturated rings. The molecule has 0 aliphatic heterocycles. The first-order chi connectivity index (χ1) is 12.4. The number of carbonyl (C=O) groups excluding carboxylic acids is 1. The maximum atomic E-state index is 12.2. The molecule has 1 heterocycles. The van der Waals surface area contributed by atoms with Crippen LogP contribution in [-0.4, -0.2) is 27.1 Å². The van der Waals surface area contributed by atoms with Crippen LogP contribution in [0.15, 0.2) is 22.7 Å². The minimum absolute atomic E-state index is 0.204. The van der Waals surface area contributed by atoms with Gasteiger partial charge in [-0.25, -0.2) is 4.79 Å². The van der Waals surface area contributed by atoms with E-state index in [0.717, 1.165) is 29.8 Å². The molecule has 0 saturated heterocycles. The molecule has 0 radical (unpaired) electrons. The molecule has 1 aromatic heterocycles. The fourth-order valence-corrected chi connectivity index (χ4v) is 2.74. The smallest absolute Gasteiger partial charge is 0.330 e. The lowest BCUT2D eigenvalue weighted by atomic mass is 10.0. The van der Waals surface area contributed by atoms with Crippen molar-refractivity contribution in [2.24, 2.45) is 0 Å². The molecule has 3 rings (SSSR count). The van der Waals surface area contributed by atoms with Gasteiger partial charge in [0, 0.05) is 18.8 Å². The normalized spacial score (nSPS) is 14.8. The van der Waals surface area contributed by atoms with Crippen LogP contribution >= 0.6 is 0 Å². The van der Waals surface area contributed by atoms with E-state index in [1.807, 2.05) is 19.9 Å². The number of aliphatic carboxylic acids is 1. The highest BCUT2D eigenvalue weighted by atomic mass is 16.5. The van der Waals surface area contributed by atoms with Crippen molar-refractivity contribution in [3.8, 4) is 0 Å². The summed E-state index contributed by atoms with van der Waals surface area (Å²) in [5.41, 5.74) is 2.64. The number of rotatable bonds is 8. The van der Waals surface area contributed by atoms with Crippen molar-refractivity contribution in [1.29, 1.82) is 0 Å². The Bertz CT molecular complexity index is 811. The van der Waals surface area contributed by atoms with Crippen LogP contribution in [0.4, 0.5) is 0 Å². The molecule has 2 aromatic rings. The summed E-state index contributed by atoms with van der Waals surface area (Å²) in [5, 5.41) is 16.0. The van der Waals surface area contributed by atoms with Crippen LogP contribution in [-0.2, 0) is 16.0 Å².